The van der Waals surface area contributed by atoms with Crippen molar-refractivity contribution in [2.45, 2.75) is 25.3 Å². The highest BCUT2D eigenvalue weighted by atomic mass is 16.5. The van der Waals surface area contributed by atoms with Crippen LogP contribution in [-0.4, -0.2) is 31.2 Å². The lowest BCUT2D eigenvalue weighted by atomic mass is 9.87. The molecule has 0 radical (unpaired) electrons. The van der Waals surface area contributed by atoms with E-state index in [1.807, 2.05) is 0 Å². The highest BCUT2D eigenvalue weighted by molar-refractivity contribution is 5.39. The predicted molar refractivity (Wildman–Crippen MR) is 96.0 cm³/mol. The molecule has 2 unspecified atom stereocenters. The van der Waals surface area contributed by atoms with Gasteiger partial charge >= 0.3 is 0 Å². The number of fused-ring (bicyclic) bond motifs is 1. The van der Waals surface area contributed by atoms with Gasteiger partial charge in [0.1, 0.15) is 0 Å². The monoisotopic (exact) mass is 319 g/mol. The van der Waals surface area contributed by atoms with Gasteiger partial charge in [0.15, 0.2) is 0 Å². The molecule has 0 bridgehead atoms. The normalized spacial score (nSPS) is 32.0. The number of benzene rings is 2. The highest BCUT2D eigenvalue weighted by Crippen LogP contribution is 2.58. The van der Waals surface area contributed by atoms with Crippen molar-refractivity contribution in [2.75, 3.05) is 26.3 Å². The van der Waals surface area contributed by atoms with Gasteiger partial charge in [0.2, 0.25) is 0 Å². The van der Waals surface area contributed by atoms with Crippen LogP contribution in [0.2, 0.25) is 0 Å². The standard InChI is InChI=1S/C22H25NO/c1-2-7-18(8-3-1)21-20-9-5-4-6-17(20)10-12-23(21)15-19-14-22(19)11-13-24-16-22/h1-9,19,21H,10-16H2/t19?,21-,22?/m0/s1. The topological polar surface area (TPSA) is 12.5 Å². The number of ether oxygens (including phenoxy) is 1. The average Bonchev–Trinajstić information content (AvgIpc) is 3.07. The molecule has 0 amide bonds. The zero-order chi connectivity index (χ0) is 16.0. The number of hydrogen-bond acceptors (Lipinski definition) is 2. The minimum absolute atomic E-state index is 0.413. The lowest BCUT2D eigenvalue weighted by Crippen LogP contribution is -2.38. The summed E-state index contributed by atoms with van der Waals surface area (Å²) in [6, 6.07) is 20.5. The first-order chi connectivity index (χ1) is 11.9. The van der Waals surface area contributed by atoms with Crippen molar-refractivity contribution in [1.29, 1.82) is 0 Å². The van der Waals surface area contributed by atoms with Crippen molar-refractivity contribution >= 4 is 0 Å². The first-order valence-corrected chi connectivity index (χ1v) is 9.30. The molecule has 2 heteroatoms. The van der Waals surface area contributed by atoms with Gasteiger partial charge in [-0.05, 0) is 41.9 Å². The van der Waals surface area contributed by atoms with Gasteiger partial charge in [-0.2, -0.15) is 0 Å². The van der Waals surface area contributed by atoms with Crippen LogP contribution in [0.25, 0.3) is 0 Å². The summed E-state index contributed by atoms with van der Waals surface area (Å²) in [6.07, 6.45) is 3.82. The average molecular weight is 319 g/mol. The van der Waals surface area contributed by atoms with Gasteiger partial charge in [-0.15, -0.1) is 0 Å². The first-order valence-electron chi connectivity index (χ1n) is 9.30. The van der Waals surface area contributed by atoms with Crippen molar-refractivity contribution < 1.29 is 4.74 Å². The molecule has 124 valence electrons. The first kappa shape index (κ1) is 14.7. The van der Waals surface area contributed by atoms with E-state index in [-0.39, 0.29) is 0 Å². The maximum Gasteiger partial charge on any atom is 0.0604 e. The van der Waals surface area contributed by atoms with Gasteiger partial charge in [-0.1, -0.05) is 54.6 Å². The second-order valence-corrected chi connectivity index (χ2v) is 7.82. The van der Waals surface area contributed by atoms with E-state index in [9.17, 15) is 0 Å². The molecule has 2 nitrogen and oxygen atoms in total. The van der Waals surface area contributed by atoms with Crippen LogP contribution in [0.15, 0.2) is 54.6 Å². The van der Waals surface area contributed by atoms with Crippen molar-refractivity contribution in [3.8, 4) is 0 Å². The Morgan fingerprint density at radius 2 is 1.88 bits per heavy atom. The van der Waals surface area contributed by atoms with E-state index in [2.05, 4.69) is 59.5 Å². The van der Waals surface area contributed by atoms with E-state index >= 15 is 0 Å². The van der Waals surface area contributed by atoms with Crippen LogP contribution in [0, 0.1) is 11.3 Å². The van der Waals surface area contributed by atoms with E-state index in [0.29, 0.717) is 11.5 Å². The van der Waals surface area contributed by atoms with Crippen LogP contribution in [-0.2, 0) is 11.2 Å². The fourth-order valence-electron chi connectivity index (χ4n) is 4.92. The quantitative estimate of drug-likeness (QED) is 0.846. The number of hydrogen-bond donors (Lipinski definition) is 0. The Morgan fingerprint density at radius 3 is 2.71 bits per heavy atom. The molecule has 1 saturated carbocycles. The van der Waals surface area contributed by atoms with Gasteiger partial charge in [-0.3, -0.25) is 4.90 Å². The Kier molecular flexibility index (Phi) is 3.50. The van der Waals surface area contributed by atoms with Crippen LogP contribution < -0.4 is 0 Å². The molecule has 1 saturated heterocycles. The summed E-state index contributed by atoms with van der Waals surface area (Å²) in [4.78, 5) is 2.73. The molecule has 2 fully saturated rings. The van der Waals surface area contributed by atoms with Gasteiger partial charge in [0, 0.05) is 25.1 Å². The lowest BCUT2D eigenvalue weighted by molar-refractivity contribution is 0.164. The van der Waals surface area contributed by atoms with Crippen LogP contribution in [0.5, 0.6) is 0 Å². The molecule has 0 N–H and O–H groups in total. The predicted octanol–water partition coefficient (Wildman–Crippen LogP) is 4.06. The molecule has 2 heterocycles. The van der Waals surface area contributed by atoms with Crippen LogP contribution in [0.1, 0.15) is 35.6 Å². The molecule has 5 rings (SSSR count). The number of rotatable bonds is 3. The molecule has 2 aromatic rings. The Hall–Kier alpha value is -1.64. The molecule has 3 atom stereocenters. The Morgan fingerprint density at radius 1 is 1.04 bits per heavy atom. The maximum absolute atomic E-state index is 5.69. The van der Waals surface area contributed by atoms with Gasteiger partial charge in [-0.25, -0.2) is 0 Å². The second-order valence-electron chi connectivity index (χ2n) is 7.82. The molecule has 24 heavy (non-hydrogen) atoms. The summed E-state index contributed by atoms with van der Waals surface area (Å²) < 4.78 is 5.69. The Balaban J connectivity index is 1.46. The second kappa shape index (κ2) is 5.72. The smallest absolute Gasteiger partial charge is 0.0604 e. The van der Waals surface area contributed by atoms with Crippen LogP contribution >= 0.6 is 0 Å². The third-order valence-electron chi connectivity index (χ3n) is 6.45. The van der Waals surface area contributed by atoms with Crippen molar-refractivity contribution in [3.63, 3.8) is 0 Å². The van der Waals surface area contributed by atoms with Crippen LogP contribution in [0.4, 0.5) is 0 Å². The van der Waals surface area contributed by atoms with Gasteiger partial charge in [0.25, 0.3) is 0 Å². The summed E-state index contributed by atoms with van der Waals surface area (Å²) in [5.41, 5.74) is 4.99. The third-order valence-corrected chi connectivity index (χ3v) is 6.45. The molecule has 2 aromatic carbocycles. The summed E-state index contributed by atoms with van der Waals surface area (Å²) in [6.45, 7) is 4.36. The fraction of sp³-hybridized carbons (Fsp3) is 0.455. The van der Waals surface area contributed by atoms with E-state index in [1.54, 1.807) is 0 Å². The van der Waals surface area contributed by atoms with Gasteiger partial charge < -0.3 is 4.74 Å². The van der Waals surface area contributed by atoms with E-state index in [1.165, 1.54) is 49.0 Å². The van der Waals surface area contributed by atoms with Crippen molar-refractivity contribution in [1.82, 2.24) is 4.90 Å². The van der Waals surface area contributed by atoms with E-state index in [4.69, 9.17) is 4.74 Å². The molecule has 0 aromatic heterocycles. The van der Waals surface area contributed by atoms with Crippen molar-refractivity contribution in [2.24, 2.45) is 11.3 Å². The van der Waals surface area contributed by atoms with E-state index < -0.39 is 0 Å². The minimum Gasteiger partial charge on any atom is -0.381 e. The zero-order valence-electron chi connectivity index (χ0n) is 14.2. The molecule has 3 aliphatic rings. The summed E-state index contributed by atoms with van der Waals surface area (Å²) in [7, 11) is 0. The van der Waals surface area contributed by atoms with Gasteiger partial charge in [0.05, 0.1) is 12.6 Å². The molecule has 1 spiro atoms. The van der Waals surface area contributed by atoms with Crippen LogP contribution in [0.3, 0.4) is 0 Å². The summed E-state index contributed by atoms with van der Waals surface area (Å²) >= 11 is 0. The number of nitrogens with zero attached hydrogens (tertiary/aromatic N) is 1. The SMILES string of the molecule is c1ccc([C@H]2c3ccccc3CCN2CC2CC23CCOC3)cc1. The molecular weight excluding hydrogens is 294 g/mol. The zero-order valence-corrected chi connectivity index (χ0v) is 14.2. The van der Waals surface area contributed by atoms with E-state index in [0.717, 1.165) is 19.1 Å². The lowest BCUT2D eigenvalue weighted by Gasteiger charge is -2.38. The summed E-state index contributed by atoms with van der Waals surface area (Å²) in [5.74, 6) is 0.830. The minimum atomic E-state index is 0.413. The van der Waals surface area contributed by atoms with Crippen molar-refractivity contribution in [3.05, 3.63) is 71.3 Å². The largest absolute Gasteiger partial charge is 0.381 e. The molecular formula is C22H25NO. The summed E-state index contributed by atoms with van der Waals surface area (Å²) in [5, 5.41) is 0. The molecule has 1 aliphatic carbocycles. The highest BCUT2D eigenvalue weighted by Gasteiger charge is 2.56. The third kappa shape index (κ3) is 2.40. The Labute approximate surface area is 144 Å². The fourth-order valence-corrected chi connectivity index (χ4v) is 4.92. The Bertz CT molecular complexity index is 720. The maximum atomic E-state index is 5.69. The molecule has 2 aliphatic heterocycles.